The monoisotopic (exact) mass is 280 g/mol. The highest BCUT2D eigenvalue weighted by atomic mass is 16.5. The summed E-state index contributed by atoms with van der Waals surface area (Å²) in [6.45, 7) is 2.06. The molecule has 0 saturated heterocycles. The minimum absolute atomic E-state index is 0.0700. The average Bonchev–Trinajstić information content (AvgIpc) is 2.44. The second kappa shape index (κ2) is 8.59. The van der Waals surface area contributed by atoms with E-state index in [1.54, 1.807) is 18.2 Å². The zero-order valence-electron chi connectivity index (χ0n) is 12.3. The minimum Gasteiger partial charge on any atom is -0.504 e. The topological polar surface area (TPSA) is 66.8 Å². The van der Waals surface area contributed by atoms with Gasteiger partial charge in [-0.25, -0.2) is 0 Å². The number of hydrogen-bond acceptors (Lipinski definition) is 4. The first-order valence-electron chi connectivity index (χ1n) is 7.12. The molecule has 0 radical (unpaired) electrons. The SMILES string of the molecule is CCCC[C@@H](O)CC(=O)CCc1ccc(O)c(OC)c1. The van der Waals surface area contributed by atoms with Gasteiger partial charge in [0, 0.05) is 12.8 Å². The van der Waals surface area contributed by atoms with Gasteiger partial charge in [-0.3, -0.25) is 4.79 Å². The number of ketones is 1. The van der Waals surface area contributed by atoms with E-state index in [0.717, 1.165) is 18.4 Å². The standard InChI is InChI=1S/C16H24O4/c1-3-4-5-13(17)11-14(18)8-6-12-7-9-15(19)16(10-12)20-2/h7,9-10,13,17,19H,3-6,8,11H2,1-2H3/t13-/m1/s1. The Kier molecular flexibility index (Phi) is 7.09. The first kappa shape index (κ1) is 16.5. The lowest BCUT2D eigenvalue weighted by molar-refractivity contribution is -0.121. The van der Waals surface area contributed by atoms with Gasteiger partial charge in [-0.1, -0.05) is 25.8 Å². The highest BCUT2D eigenvalue weighted by Crippen LogP contribution is 2.26. The summed E-state index contributed by atoms with van der Waals surface area (Å²) in [5.74, 6) is 0.580. The number of methoxy groups -OCH3 is 1. The van der Waals surface area contributed by atoms with Gasteiger partial charge in [0.05, 0.1) is 13.2 Å². The second-order valence-corrected chi connectivity index (χ2v) is 5.05. The Morgan fingerprint density at radius 2 is 2.15 bits per heavy atom. The van der Waals surface area contributed by atoms with Crippen molar-refractivity contribution < 1.29 is 19.7 Å². The van der Waals surface area contributed by atoms with Crippen molar-refractivity contribution in [1.29, 1.82) is 0 Å². The highest BCUT2D eigenvalue weighted by molar-refractivity contribution is 5.79. The third-order valence-corrected chi connectivity index (χ3v) is 3.29. The first-order valence-corrected chi connectivity index (χ1v) is 7.12. The van der Waals surface area contributed by atoms with Crippen LogP contribution in [0.15, 0.2) is 18.2 Å². The van der Waals surface area contributed by atoms with Crippen LogP contribution in [-0.2, 0) is 11.2 Å². The molecule has 4 nitrogen and oxygen atoms in total. The summed E-state index contributed by atoms with van der Waals surface area (Å²) in [5.41, 5.74) is 0.941. The summed E-state index contributed by atoms with van der Waals surface area (Å²) in [6, 6.07) is 5.07. The quantitative estimate of drug-likeness (QED) is 0.730. The number of aliphatic hydroxyl groups is 1. The molecular formula is C16H24O4. The number of phenolic OH excluding ortho intramolecular Hbond substituents is 1. The molecule has 4 heteroatoms. The van der Waals surface area contributed by atoms with Crippen LogP contribution < -0.4 is 4.74 Å². The molecule has 0 aliphatic heterocycles. The summed E-state index contributed by atoms with van der Waals surface area (Å²) in [7, 11) is 1.49. The lowest BCUT2D eigenvalue weighted by Crippen LogP contribution is -2.13. The van der Waals surface area contributed by atoms with Crippen LogP contribution in [0.25, 0.3) is 0 Å². The van der Waals surface area contributed by atoms with Gasteiger partial charge in [0.15, 0.2) is 11.5 Å². The third-order valence-electron chi connectivity index (χ3n) is 3.29. The number of benzene rings is 1. The van der Waals surface area contributed by atoms with Crippen LogP contribution in [0, 0.1) is 0 Å². The molecular weight excluding hydrogens is 256 g/mol. The summed E-state index contributed by atoms with van der Waals surface area (Å²) < 4.78 is 5.03. The predicted octanol–water partition coefficient (Wildman–Crippen LogP) is 2.84. The summed E-state index contributed by atoms with van der Waals surface area (Å²) in [5, 5.41) is 19.2. The number of Topliss-reactive ketones (excluding diaryl/α,β-unsaturated/α-hetero) is 1. The summed E-state index contributed by atoms with van der Waals surface area (Å²) in [4.78, 5) is 11.8. The molecule has 2 N–H and O–H groups in total. The van der Waals surface area contributed by atoms with Crippen molar-refractivity contribution in [3.63, 3.8) is 0 Å². The van der Waals surface area contributed by atoms with Crippen molar-refractivity contribution in [3.05, 3.63) is 23.8 Å². The molecule has 0 saturated carbocycles. The van der Waals surface area contributed by atoms with Crippen molar-refractivity contribution in [2.45, 2.75) is 51.6 Å². The van der Waals surface area contributed by atoms with Crippen LogP contribution in [0.4, 0.5) is 0 Å². The van der Waals surface area contributed by atoms with Gasteiger partial charge in [0.2, 0.25) is 0 Å². The minimum atomic E-state index is -0.517. The maximum absolute atomic E-state index is 11.8. The maximum atomic E-state index is 11.8. The fourth-order valence-corrected chi connectivity index (χ4v) is 2.07. The normalized spacial score (nSPS) is 12.2. The van der Waals surface area contributed by atoms with Crippen molar-refractivity contribution in [2.75, 3.05) is 7.11 Å². The van der Waals surface area contributed by atoms with Gasteiger partial charge in [0.1, 0.15) is 5.78 Å². The zero-order chi connectivity index (χ0) is 15.0. The first-order chi connectivity index (χ1) is 9.56. The molecule has 1 aromatic rings. The van der Waals surface area contributed by atoms with Crippen molar-refractivity contribution >= 4 is 5.78 Å². The molecule has 1 aromatic carbocycles. The molecule has 0 aliphatic carbocycles. The van der Waals surface area contributed by atoms with E-state index in [1.165, 1.54) is 7.11 Å². The number of carbonyl (C=O) groups is 1. The third kappa shape index (κ3) is 5.61. The van der Waals surface area contributed by atoms with E-state index in [2.05, 4.69) is 6.92 Å². The van der Waals surface area contributed by atoms with Gasteiger partial charge in [-0.2, -0.15) is 0 Å². The molecule has 0 bridgehead atoms. The number of rotatable bonds is 9. The van der Waals surface area contributed by atoms with E-state index in [4.69, 9.17) is 4.74 Å². The molecule has 0 aliphatic rings. The largest absolute Gasteiger partial charge is 0.504 e. The Labute approximate surface area is 120 Å². The average molecular weight is 280 g/mol. The number of hydrogen-bond donors (Lipinski definition) is 2. The van der Waals surface area contributed by atoms with Gasteiger partial charge < -0.3 is 14.9 Å². The Morgan fingerprint density at radius 3 is 2.80 bits per heavy atom. The van der Waals surface area contributed by atoms with E-state index < -0.39 is 6.10 Å². The second-order valence-electron chi connectivity index (χ2n) is 5.05. The fraction of sp³-hybridized carbons (Fsp3) is 0.562. The number of aliphatic hydroxyl groups excluding tert-OH is 1. The number of aromatic hydroxyl groups is 1. The van der Waals surface area contributed by atoms with Crippen LogP contribution in [0.5, 0.6) is 11.5 Å². The molecule has 0 unspecified atom stereocenters. The highest BCUT2D eigenvalue weighted by Gasteiger charge is 2.11. The van der Waals surface area contributed by atoms with Gasteiger partial charge in [0.25, 0.3) is 0 Å². The van der Waals surface area contributed by atoms with Crippen LogP contribution in [0.2, 0.25) is 0 Å². The van der Waals surface area contributed by atoms with E-state index in [1.807, 2.05) is 0 Å². The molecule has 0 fully saturated rings. The fourth-order valence-electron chi connectivity index (χ4n) is 2.07. The van der Waals surface area contributed by atoms with E-state index >= 15 is 0 Å². The maximum Gasteiger partial charge on any atom is 0.160 e. The molecule has 0 aromatic heterocycles. The molecule has 20 heavy (non-hydrogen) atoms. The molecule has 0 amide bonds. The molecule has 1 rings (SSSR count). The number of phenols is 1. The Balaban J connectivity index is 2.41. The van der Waals surface area contributed by atoms with E-state index in [-0.39, 0.29) is 18.0 Å². The van der Waals surface area contributed by atoms with Crippen LogP contribution in [0.3, 0.4) is 0 Å². The van der Waals surface area contributed by atoms with Gasteiger partial charge in [-0.05, 0) is 30.5 Å². The number of ether oxygens (including phenoxy) is 1. The van der Waals surface area contributed by atoms with Crippen LogP contribution in [-0.4, -0.2) is 29.2 Å². The Morgan fingerprint density at radius 1 is 1.40 bits per heavy atom. The van der Waals surface area contributed by atoms with Crippen molar-refractivity contribution in [1.82, 2.24) is 0 Å². The van der Waals surface area contributed by atoms with Crippen molar-refractivity contribution in [3.8, 4) is 11.5 Å². The Bertz CT molecular complexity index is 428. The lowest BCUT2D eigenvalue weighted by atomic mass is 10.0. The number of unbranched alkanes of at least 4 members (excludes halogenated alkanes) is 1. The molecule has 0 spiro atoms. The summed E-state index contributed by atoms with van der Waals surface area (Å²) in [6.07, 6.45) is 3.37. The van der Waals surface area contributed by atoms with Crippen LogP contribution in [0.1, 0.15) is 44.6 Å². The van der Waals surface area contributed by atoms with E-state index in [9.17, 15) is 15.0 Å². The van der Waals surface area contributed by atoms with Gasteiger partial charge in [-0.15, -0.1) is 0 Å². The number of aryl methyl sites for hydroxylation is 1. The van der Waals surface area contributed by atoms with Gasteiger partial charge >= 0.3 is 0 Å². The summed E-state index contributed by atoms with van der Waals surface area (Å²) >= 11 is 0. The molecule has 1 atom stereocenters. The predicted molar refractivity (Wildman–Crippen MR) is 78.1 cm³/mol. The Hall–Kier alpha value is -1.55. The lowest BCUT2D eigenvalue weighted by Gasteiger charge is -2.09. The smallest absolute Gasteiger partial charge is 0.160 e. The molecule has 0 heterocycles. The number of carbonyl (C=O) groups excluding carboxylic acids is 1. The van der Waals surface area contributed by atoms with E-state index in [0.29, 0.717) is 25.0 Å². The van der Waals surface area contributed by atoms with Crippen LogP contribution >= 0.6 is 0 Å². The molecule has 112 valence electrons. The zero-order valence-corrected chi connectivity index (χ0v) is 12.3. The van der Waals surface area contributed by atoms with Crippen molar-refractivity contribution in [2.24, 2.45) is 0 Å².